The average molecular weight is 408 g/mol. The molecule has 0 fully saturated rings. The molecule has 0 aliphatic heterocycles. The van der Waals surface area contributed by atoms with Crippen molar-refractivity contribution >= 4 is 21.6 Å². The van der Waals surface area contributed by atoms with E-state index in [1.165, 1.54) is 10.4 Å². The van der Waals surface area contributed by atoms with Crippen molar-refractivity contribution in [3.05, 3.63) is 26.6 Å². The number of rotatable bonds is 10. The summed E-state index contributed by atoms with van der Waals surface area (Å²) in [7, 11) is 0. The average Bonchev–Trinajstić information content (AvgIpc) is 3.18. The second kappa shape index (κ2) is 9.48. The van der Waals surface area contributed by atoms with Crippen molar-refractivity contribution in [2.24, 2.45) is 5.92 Å². The van der Waals surface area contributed by atoms with Crippen molar-refractivity contribution < 1.29 is 9.84 Å². The minimum atomic E-state index is -0.560. The molecule has 0 unspecified atom stereocenters. The van der Waals surface area contributed by atoms with Crippen LogP contribution in [0.4, 0.5) is 0 Å². The van der Waals surface area contributed by atoms with Crippen LogP contribution in [0.3, 0.4) is 0 Å². The molecule has 6 nitrogen and oxygen atoms in total. The van der Waals surface area contributed by atoms with Gasteiger partial charge in [-0.1, -0.05) is 13.8 Å². The van der Waals surface area contributed by atoms with E-state index in [0.717, 1.165) is 42.4 Å². The third-order valence-corrected chi connectivity index (χ3v) is 6.30. The molecule has 0 saturated heterocycles. The largest absolute Gasteiger partial charge is 0.389 e. The van der Waals surface area contributed by atoms with Crippen LogP contribution in [0.25, 0.3) is 10.2 Å². The molecule has 28 heavy (non-hydrogen) atoms. The van der Waals surface area contributed by atoms with E-state index in [-0.39, 0.29) is 11.7 Å². The molecule has 2 heterocycles. The molecule has 0 amide bonds. The molecule has 0 bridgehead atoms. The van der Waals surface area contributed by atoms with Crippen LogP contribution in [-0.2, 0) is 24.1 Å². The number of H-pyrrole nitrogens is 1. The van der Waals surface area contributed by atoms with Gasteiger partial charge in [-0.25, -0.2) is 4.98 Å². The number of nitrogens with one attached hydrogen (secondary N) is 1. The van der Waals surface area contributed by atoms with Crippen molar-refractivity contribution in [3.63, 3.8) is 0 Å². The number of fused-ring (bicyclic) bond motifs is 3. The molecule has 1 aliphatic carbocycles. The predicted molar refractivity (Wildman–Crippen MR) is 114 cm³/mol. The van der Waals surface area contributed by atoms with Gasteiger partial charge in [-0.15, -0.1) is 11.3 Å². The van der Waals surface area contributed by atoms with Gasteiger partial charge in [-0.3, -0.25) is 9.69 Å². The Bertz CT molecular complexity index is 843. The number of aliphatic hydroxyl groups excluding tert-OH is 1. The van der Waals surface area contributed by atoms with Crippen LogP contribution in [0, 0.1) is 5.92 Å². The van der Waals surface area contributed by atoms with Crippen LogP contribution in [0.5, 0.6) is 0 Å². The van der Waals surface area contributed by atoms with Gasteiger partial charge in [0.1, 0.15) is 10.7 Å². The first kappa shape index (κ1) is 21.4. The fourth-order valence-electron chi connectivity index (χ4n) is 3.66. The zero-order chi connectivity index (χ0) is 20.3. The van der Waals surface area contributed by atoms with E-state index in [2.05, 4.69) is 23.7 Å². The highest BCUT2D eigenvalue weighted by molar-refractivity contribution is 7.18. The first-order valence-electron chi connectivity index (χ1n) is 10.4. The lowest BCUT2D eigenvalue weighted by Crippen LogP contribution is -2.37. The first-order chi connectivity index (χ1) is 13.3. The first-order valence-corrected chi connectivity index (χ1v) is 11.2. The van der Waals surface area contributed by atoms with Gasteiger partial charge in [0.25, 0.3) is 5.56 Å². The molecule has 0 spiro atoms. The van der Waals surface area contributed by atoms with Gasteiger partial charge in [0.05, 0.1) is 30.7 Å². The minimum Gasteiger partial charge on any atom is -0.389 e. The smallest absolute Gasteiger partial charge is 0.259 e. The van der Waals surface area contributed by atoms with E-state index in [9.17, 15) is 9.90 Å². The molecular weight excluding hydrogens is 374 g/mol. The highest BCUT2D eigenvalue weighted by Crippen LogP contribution is 2.34. The van der Waals surface area contributed by atoms with E-state index in [0.29, 0.717) is 31.4 Å². The number of aromatic amines is 1. The second-order valence-electron chi connectivity index (χ2n) is 8.50. The van der Waals surface area contributed by atoms with Crippen molar-refractivity contribution in [3.8, 4) is 0 Å². The number of aromatic nitrogens is 2. The Morgan fingerprint density at radius 2 is 2.07 bits per heavy atom. The van der Waals surface area contributed by atoms with Crippen LogP contribution in [0.2, 0.25) is 0 Å². The molecule has 2 aromatic heterocycles. The van der Waals surface area contributed by atoms with E-state index < -0.39 is 6.10 Å². The molecule has 7 heteroatoms. The lowest BCUT2D eigenvalue weighted by molar-refractivity contribution is -0.0103. The Kier molecular flexibility index (Phi) is 7.25. The van der Waals surface area contributed by atoms with Gasteiger partial charge < -0.3 is 14.8 Å². The van der Waals surface area contributed by atoms with E-state index in [1.54, 1.807) is 11.3 Å². The summed E-state index contributed by atoms with van der Waals surface area (Å²) < 4.78 is 5.54. The Balaban J connectivity index is 1.74. The van der Waals surface area contributed by atoms with E-state index >= 15 is 0 Å². The fraction of sp³-hybridized carbons (Fsp3) is 0.714. The molecule has 0 radical (unpaired) electrons. The molecule has 3 rings (SSSR count). The Morgan fingerprint density at radius 1 is 1.29 bits per heavy atom. The van der Waals surface area contributed by atoms with Crippen LogP contribution in [-0.4, -0.2) is 51.9 Å². The zero-order valence-electron chi connectivity index (χ0n) is 17.5. The van der Waals surface area contributed by atoms with E-state index in [1.807, 2.05) is 13.8 Å². The SMILES string of the molecule is CC(C)CCN(Cc1nc2sc3c(c2c(=O)[nH]1)CCC3)C[C@H](O)COC(C)C. The minimum absolute atomic E-state index is 0.0214. The van der Waals surface area contributed by atoms with Gasteiger partial charge in [-0.05, 0) is 57.6 Å². The maximum absolute atomic E-state index is 12.7. The van der Waals surface area contributed by atoms with E-state index in [4.69, 9.17) is 9.72 Å². The summed E-state index contributed by atoms with van der Waals surface area (Å²) in [6.45, 7) is 10.5. The van der Waals surface area contributed by atoms with Gasteiger partial charge in [0.2, 0.25) is 0 Å². The van der Waals surface area contributed by atoms with Crippen molar-refractivity contribution in [1.82, 2.24) is 14.9 Å². The summed E-state index contributed by atoms with van der Waals surface area (Å²) in [6, 6.07) is 0. The predicted octanol–water partition coefficient (Wildman–Crippen LogP) is 3.11. The standard InChI is InChI=1S/C21H33N3O3S/c1-13(2)8-9-24(10-15(25)12-27-14(3)4)11-18-22-20(26)19-16-6-5-7-17(16)28-21(19)23-18/h13-15,25H,5-12H2,1-4H3,(H,22,23,26)/t15-/m0/s1. The Hall–Kier alpha value is -1.28. The fourth-order valence-corrected chi connectivity index (χ4v) is 4.94. The molecule has 1 aliphatic rings. The third-order valence-electron chi connectivity index (χ3n) is 5.11. The van der Waals surface area contributed by atoms with Gasteiger partial charge in [0, 0.05) is 11.4 Å². The van der Waals surface area contributed by atoms with Crippen LogP contribution < -0.4 is 5.56 Å². The normalized spacial score (nSPS) is 15.3. The lowest BCUT2D eigenvalue weighted by Gasteiger charge is -2.25. The molecule has 0 aromatic carbocycles. The number of aliphatic hydroxyl groups is 1. The number of hydrogen-bond acceptors (Lipinski definition) is 6. The number of nitrogens with zero attached hydrogens (tertiary/aromatic N) is 2. The Morgan fingerprint density at radius 3 is 2.79 bits per heavy atom. The topological polar surface area (TPSA) is 78.5 Å². The summed E-state index contributed by atoms with van der Waals surface area (Å²) in [4.78, 5) is 24.8. The van der Waals surface area contributed by atoms with Crippen LogP contribution in [0.1, 0.15) is 56.8 Å². The van der Waals surface area contributed by atoms with Crippen LogP contribution >= 0.6 is 11.3 Å². The number of ether oxygens (including phenoxy) is 1. The van der Waals surface area contributed by atoms with Gasteiger partial charge in [0.15, 0.2) is 0 Å². The quantitative estimate of drug-likeness (QED) is 0.633. The lowest BCUT2D eigenvalue weighted by atomic mass is 10.1. The molecule has 0 saturated carbocycles. The number of thiophene rings is 1. The van der Waals surface area contributed by atoms with Crippen molar-refractivity contribution in [1.29, 1.82) is 0 Å². The maximum atomic E-state index is 12.7. The maximum Gasteiger partial charge on any atom is 0.259 e. The van der Waals surface area contributed by atoms with Gasteiger partial charge in [-0.2, -0.15) is 0 Å². The summed E-state index contributed by atoms with van der Waals surface area (Å²) in [6.07, 6.45) is 3.75. The highest BCUT2D eigenvalue weighted by Gasteiger charge is 2.22. The molecule has 1 atom stereocenters. The molecule has 2 aromatic rings. The summed E-state index contributed by atoms with van der Waals surface area (Å²) in [5, 5.41) is 11.2. The second-order valence-corrected chi connectivity index (χ2v) is 9.59. The van der Waals surface area contributed by atoms with Crippen LogP contribution in [0.15, 0.2) is 4.79 Å². The molecule has 156 valence electrons. The van der Waals surface area contributed by atoms with Gasteiger partial charge >= 0.3 is 0 Å². The zero-order valence-corrected chi connectivity index (χ0v) is 18.3. The van der Waals surface area contributed by atoms with Crippen molar-refractivity contribution in [2.75, 3.05) is 19.7 Å². The summed E-state index contributed by atoms with van der Waals surface area (Å²) in [5.74, 6) is 1.25. The summed E-state index contributed by atoms with van der Waals surface area (Å²) >= 11 is 1.67. The third kappa shape index (κ3) is 5.41. The monoisotopic (exact) mass is 407 g/mol. The summed E-state index contributed by atoms with van der Waals surface area (Å²) in [5.41, 5.74) is 1.19. The van der Waals surface area contributed by atoms with Crippen molar-refractivity contribution in [2.45, 2.75) is 72.1 Å². The number of aryl methyl sites for hydroxylation is 2. The number of hydrogen-bond donors (Lipinski definition) is 2. The molecule has 2 N–H and O–H groups in total. The molecular formula is C21H33N3O3S. The highest BCUT2D eigenvalue weighted by atomic mass is 32.1. The Labute approximate surface area is 170 Å².